The van der Waals surface area contributed by atoms with Crippen molar-refractivity contribution < 1.29 is 4.74 Å². The zero-order chi connectivity index (χ0) is 10.7. The SMILES string of the molecule is Cl.NC1CCC(Oc2cccc(Cl)c2)CC1. The first-order valence-corrected chi connectivity index (χ1v) is 5.79. The Morgan fingerprint density at radius 1 is 1.19 bits per heavy atom. The molecule has 1 aliphatic carbocycles. The molecule has 0 spiro atoms. The van der Waals surface area contributed by atoms with Crippen molar-refractivity contribution >= 4 is 24.0 Å². The second-order valence-corrected chi connectivity index (χ2v) is 4.55. The highest BCUT2D eigenvalue weighted by Gasteiger charge is 2.19. The molecule has 0 aromatic heterocycles. The van der Waals surface area contributed by atoms with Gasteiger partial charge in [-0.2, -0.15) is 0 Å². The first kappa shape index (κ1) is 13.6. The van der Waals surface area contributed by atoms with Crippen molar-refractivity contribution in [2.45, 2.75) is 37.8 Å². The van der Waals surface area contributed by atoms with Gasteiger partial charge in [0.25, 0.3) is 0 Å². The van der Waals surface area contributed by atoms with Gasteiger partial charge in [0.05, 0.1) is 6.10 Å². The van der Waals surface area contributed by atoms with Gasteiger partial charge in [-0.25, -0.2) is 0 Å². The van der Waals surface area contributed by atoms with Crippen LogP contribution in [0.4, 0.5) is 0 Å². The van der Waals surface area contributed by atoms with E-state index in [0.717, 1.165) is 36.5 Å². The Kier molecular flexibility index (Phi) is 5.39. The van der Waals surface area contributed by atoms with E-state index in [1.807, 2.05) is 24.3 Å². The Labute approximate surface area is 108 Å². The van der Waals surface area contributed by atoms with Crippen LogP contribution in [0.2, 0.25) is 5.02 Å². The molecule has 1 aliphatic rings. The number of hydrogen-bond acceptors (Lipinski definition) is 2. The maximum Gasteiger partial charge on any atom is 0.121 e. The van der Waals surface area contributed by atoms with Crippen LogP contribution in [-0.2, 0) is 0 Å². The maximum absolute atomic E-state index is 5.89. The Bertz CT molecular complexity index is 325. The first-order valence-electron chi connectivity index (χ1n) is 5.42. The molecule has 4 heteroatoms. The predicted octanol–water partition coefficient (Wildman–Crippen LogP) is 3.41. The van der Waals surface area contributed by atoms with Crippen LogP contribution < -0.4 is 10.5 Å². The Hall–Kier alpha value is -0.440. The van der Waals surface area contributed by atoms with Crippen molar-refractivity contribution in [1.29, 1.82) is 0 Å². The topological polar surface area (TPSA) is 35.2 Å². The van der Waals surface area contributed by atoms with E-state index in [-0.39, 0.29) is 12.4 Å². The van der Waals surface area contributed by atoms with Crippen molar-refractivity contribution in [3.05, 3.63) is 29.3 Å². The summed E-state index contributed by atoms with van der Waals surface area (Å²) in [6.45, 7) is 0. The fraction of sp³-hybridized carbons (Fsp3) is 0.500. The van der Waals surface area contributed by atoms with Gasteiger partial charge < -0.3 is 10.5 Å². The molecule has 90 valence electrons. The predicted molar refractivity (Wildman–Crippen MR) is 69.6 cm³/mol. The van der Waals surface area contributed by atoms with E-state index in [0.29, 0.717) is 12.1 Å². The van der Waals surface area contributed by atoms with Gasteiger partial charge >= 0.3 is 0 Å². The molecule has 2 nitrogen and oxygen atoms in total. The molecule has 0 amide bonds. The highest BCUT2D eigenvalue weighted by atomic mass is 35.5. The molecule has 0 bridgehead atoms. The molecule has 2 rings (SSSR count). The number of halogens is 2. The molecule has 0 unspecified atom stereocenters. The Balaban J connectivity index is 0.00000128. The van der Waals surface area contributed by atoms with Crippen LogP contribution in [-0.4, -0.2) is 12.1 Å². The average molecular weight is 262 g/mol. The lowest BCUT2D eigenvalue weighted by atomic mass is 9.94. The molecule has 2 N–H and O–H groups in total. The Morgan fingerprint density at radius 3 is 2.50 bits per heavy atom. The molecule has 16 heavy (non-hydrogen) atoms. The van der Waals surface area contributed by atoms with Crippen LogP contribution >= 0.6 is 24.0 Å². The van der Waals surface area contributed by atoms with Crippen molar-refractivity contribution in [1.82, 2.24) is 0 Å². The van der Waals surface area contributed by atoms with Crippen molar-refractivity contribution in [2.75, 3.05) is 0 Å². The van der Waals surface area contributed by atoms with Crippen molar-refractivity contribution in [3.8, 4) is 5.75 Å². The first-order chi connectivity index (χ1) is 7.24. The van der Waals surface area contributed by atoms with Gasteiger partial charge in [-0.3, -0.25) is 0 Å². The largest absolute Gasteiger partial charge is 0.490 e. The molecule has 0 radical (unpaired) electrons. The lowest BCUT2D eigenvalue weighted by Gasteiger charge is -2.26. The Morgan fingerprint density at radius 2 is 1.88 bits per heavy atom. The third kappa shape index (κ3) is 3.85. The van der Waals surface area contributed by atoms with E-state index in [9.17, 15) is 0 Å². The molecule has 0 atom stereocenters. The minimum absolute atomic E-state index is 0. The third-order valence-corrected chi connectivity index (χ3v) is 3.05. The summed E-state index contributed by atoms with van der Waals surface area (Å²) in [7, 11) is 0. The molecule has 1 aromatic rings. The minimum Gasteiger partial charge on any atom is -0.490 e. The van der Waals surface area contributed by atoms with Crippen LogP contribution in [0.15, 0.2) is 24.3 Å². The molecule has 1 saturated carbocycles. The molecule has 0 heterocycles. The lowest BCUT2D eigenvalue weighted by molar-refractivity contribution is 0.147. The monoisotopic (exact) mass is 261 g/mol. The summed E-state index contributed by atoms with van der Waals surface area (Å²) in [5, 5.41) is 0.722. The summed E-state index contributed by atoms with van der Waals surface area (Å²) >= 11 is 5.89. The smallest absolute Gasteiger partial charge is 0.121 e. The van der Waals surface area contributed by atoms with Crippen LogP contribution in [0.1, 0.15) is 25.7 Å². The molecular weight excluding hydrogens is 245 g/mol. The number of rotatable bonds is 2. The van der Waals surface area contributed by atoms with E-state index < -0.39 is 0 Å². The van der Waals surface area contributed by atoms with E-state index in [1.165, 1.54) is 0 Å². The average Bonchev–Trinajstić information content (AvgIpc) is 2.22. The number of benzene rings is 1. The van der Waals surface area contributed by atoms with E-state index in [1.54, 1.807) is 0 Å². The normalized spacial score (nSPS) is 24.6. The van der Waals surface area contributed by atoms with Gasteiger partial charge in [0.15, 0.2) is 0 Å². The van der Waals surface area contributed by atoms with Gasteiger partial charge in [-0.15, -0.1) is 12.4 Å². The molecular formula is C12H17Cl2NO. The van der Waals surface area contributed by atoms with Gasteiger partial charge in [-0.1, -0.05) is 17.7 Å². The summed E-state index contributed by atoms with van der Waals surface area (Å²) in [6, 6.07) is 7.93. The summed E-state index contributed by atoms with van der Waals surface area (Å²) < 4.78 is 5.84. The summed E-state index contributed by atoms with van der Waals surface area (Å²) in [5.74, 6) is 0.864. The highest BCUT2D eigenvalue weighted by molar-refractivity contribution is 6.30. The van der Waals surface area contributed by atoms with Crippen LogP contribution in [0.3, 0.4) is 0 Å². The molecule has 0 saturated heterocycles. The lowest BCUT2D eigenvalue weighted by Crippen LogP contribution is -2.31. The van der Waals surface area contributed by atoms with Gasteiger partial charge in [0.1, 0.15) is 5.75 Å². The third-order valence-electron chi connectivity index (χ3n) is 2.82. The van der Waals surface area contributed by atoms with Gasteiger partial charge in [0.2, 0.25) is 0 Å². The van der Waals surface area contributed by atoms with Gasteiger partial charge in [-0.05, 0) is 43.9 Å². The number of hydrogen-bond donors (Lipinski definition) is 1. The molecule has 1 fully saturated rings. The standard InChI is InChI=1S/C12H16ClNO.ClH/c13-9-2-1-3-12(8-9)15-11-6-4-10(14)5-7-11;/h1-3,8,10-11H,4-7,14H2;1H. The maximum atomic E-state index is 5.89. The highest BCUT2D eigenvalue weighted by Crippen LogP contribution is 2.24. The second-order valence-electron chi connectivity index (χ2n) is 4.11. The second kappa shape index (κ2) is 6.33. The van der Waals surface area contributed by atoms with Crippen molar-refractivity contribution in [2.24, 2.45) is 5.73 Å². The van der Waals surface area contributed by atoms with Crippen LogP contribution in [0, 0.1) is 0 Å². The fourth-order valence-corrected chi connectivity index (χ4v) is 2.12. The zero-order valence-corrected chi connectivity index (χ0v) is 10.6. The summed E-state index contributed by atoms with van der Waals surface area (Å²) in [6.07, 6.45) is 4.53. The molecule has 0 aliphatic heterocycles. The quantitative estimate of drug-likeness (QED) is 0.886. The zero-order valence-electron chi connectivity index (χ0n) is 9.06. The van der Waals surface area contributed by atoms with Crippen LogP contribution in [0.5, 0.6) is 5.75 Å². The van der Waals surface area contributed by atoms with E-state index in [4.69, 9.17) is 22.1 Å². The van der Waals surface area contributed by atoms with E-state index in [2.05, 4.69) is 0 Å². The minimum atomic E-state index is 0. The fourth-order valence-electron chi connectivity index (χ4n) is 1.94. The van der Waals surface area contributed by atoms with Crippen molar-refractivity contribution in [3.63, 3.8) is 0 Å². The summed E-state index contributed by atoms with van der Waals surface area (Å²) in [4.78, 5) is 0. The van der Waals surface area contributed by atoms with Gasteiger partial charge in [0, 0.05) is 11.1 Å². The van der Waals surface area contributed by atoms with Crippen LogP contribution in [0.25, 0.3) is 0 Å². The number of nitrogens with two attached hydrogens (primary N) is 1. The number of ether oxygens (including phenoxy) is 1. The summed E-state index contributed by atoms with van der Waals surface area (Å²) in [5.41, 5.74) is 5.84. The van der Waals surface area contributed by atoms with E-state index >= 15 is 0 Å². The molecule has 1 aromatic carbocycles.